The van der Waals surface area contributed by atoms with Gasteiger partial charge in [-0.15, -0.1) is 5.06 Å². The number of anilines is 1. The van der Waals surface area contributed by atoms with E-state index in [1.54, 1.807) is 19.9 Å². The van der Waals surface area contributed by atoms with Crippen LogP contribution in [0.3, 0.4) is 0 Å². The molecule has 0 bridgehead atoms. The summed E-state index contributed by atoms with van der Waals surface area (Å²) in [7, 11) is -9.45. The number of carbonyl (C=O) groups excluding carboxylic acids is 3. The molecule has 17 heteroatoms. The van der Waals surface area contributed by atoms with Crippen LogP contribution < -0.4 is 64.0 Å². The normalized spacial score (nSPS) is 17.5. The first-order valence-electron chi connectivity index (χ1n) is 20.7. The van der Waals surface area contributed by atoms with Crippen molar-refractivity contribution in [1.29, 1.82) is 0 Å². The van der Waals surface area contributed by atoms with Crippen LogP contribution in [0.1, 0.15) is 95.4 Å². The standard InChI is InChI=1S/C47H51N3O10S2.2Na/c1-8-48-36-20-18-32-30(3)27-31(61(54,55)56)28-35(32)45(36)46(4,5)39(48)15-11-9-12-16-40-47(6,7)44-34-25-29(2)26-38(62(57,58)59)33(34)19-21-37(44)49(40)24-14-10-13-17-43(53)60-50-41(51)22-23-42(50)52;;/h9,11-12,15-16,18-21,25-28H,8,10,13-14,17,22-24H2,1-7H3,(H-,54,55,56,57,58,59);;/q;2*+1/p-1. The molecule has 3 aliphatic heterocycles. The van der Waals surface area contributed by atoms with Gasteiger partial charge in [-0.1, -0.05) is 44.2 Å². The van der Waals surface area contributed by atoms with Gasteiger partial charge in [0.2, 0.25) is 5.69 Å². The number of allylic oxidation sites excluding steroid dienone is 6. The van der Waals surface area contributed by atoms with Crippen molar-refractivity contribution in [1.82, 2.24) is 5.06 Å². The number of hydrogen-bond donors (Lipinski definition) is 0. The van der Waals surface area contributed by atoms with Crippen molar-refractivity contribution in [3.8, 4) is 0 Å². The zero-order valence-electron chi connectivity index (χ0n) is 37.9. The van der Waals surface area contributed by atoms with Gasteiger partial charge in [0.1, 0.15) is 26.8 Å². The topological polar surface area (TPSA) is 184 Å². The summed E-state index contributed by atoms with van der Waals surface area (Å²) in [5, 5.41) is 3.19. The Hall–Kier alpha value is -3.48. The molecule has 3 heterocycles. The van der Waals surface area contributed by atoms with Crippen LogP contribution in [-0.2, 0) is 50.3 Å². The molecule has 4 aromatic rings. The molecule has 13 nitrogen and oxygen atoms in total. The first-order valence-corrected chi connectivity index (χ1v) is 23.5. The summed E-state index contributed by atoms with van der Waals surface area (Å²) < 4.78 is 75.8. The van der Waals surface area contributed by atoms with Crippen LogP contribution in [0.25, 0.3) is 21.5 Å². The minimum absolute atomic E-state index is 0. The van der Waals surface area contributed by atoms with E-state index in [1.807, 2.05) is 61.6 Å². The van der Waals surface area contributed by atoms with Gasteiger partial charge in [0.25, 0.3) is 11.8 Å². The molecule has 3 aliphatic rings. The Morgan fingerprint density at radius 2 is 1.44 bits per heavy atom. The number of hydroxylamine groups is 2. The van der Waals surface area contributed by atoms with Gasteiger partial charge in [0, 0.05) is 66.7 Å². The first-order chi connectivity index (χ1) is 29.1. The van der Waals surface area contributed by atoms with Crippen molar-refractivity contribution in [2.24, 2.45) is 0 Å². The molecular weight excluding hydrogens is 877 g/mol. The number of amides is 2. The molecule has 4 aromatic carbocycles. The van der Waals surface area contributed by atoms with E-state index in [0.29, 0.717) is 59.3 Å². The molecule has 2 amide bonds. The summed E-state index contributed by atoms with van der Waals surface area (Å²) in [6.07, 6.45) is 11.7. The van der Waals surface area contributed by atoms with Crippen molar-refractivity contribution < 1.29 is 109 Å². The Bertz CT molecular complexity index is 2940. The van der Waals surface area contributed by atoms with Crippen molar-refractivity contribution in [3.63, 3.8) is 0 Å². The van der Waals surface area contributed by atoms with Crippen LogP contribution >= 0.6 is 0 Å². The fraction of sp³-hybridized carbons (Fsp3) is 0.362. The number of imide groups is 1. The first kappa shape index (κ1) is 51.5. The predicted octanol–water partition coefficient (Wildman–Crippen LogP) is 1.78. The number of rotatable bonds is 13. The third-order valence-electron chi connectivity index (χ3n) is 12.3. The van der Waals surface area contributed by atoms with E-state index in [9.17, 15) is 40.3 Å². The molecule has 0 atom stereocenters. The zero-order valence-corrected chi connectivity index (χ0v) is 43.5. The van der Waals surface area contributed by atoms with E-state index in [1.165, 1.54) is 18.2 Å². The van der Waals surface area contributed by atoms with Crippen molar-refractivity contribution >= 4 is 76.7 Å². The number of likely N-dealkylation sites (N-methyl/N-ethyl adjacent to an activating group) is 1. The van der Waals surface area contributed by atoms with Crippen molar-refractivity contribution in [2.75, 3.05) is 18.0 Å². The maximum Gasteiger partial charge on any atom is 1.00 e. The molecule has 0 aliphatic carbocycles. The molecule has 7 rings (SSSR count). The van der Waals surface area contributed by atoms with Crippen molar-refractivity contribution in [2.45, 2.75) is 108 Å². The quantitative estimate of drug-likeness (QED) is 0.0476. The molecular formula is C47H50N3Na2O10S2+. The number of hydrogen-bond acceptors (Lipinski definition) is 11. The molecule has 1 fully saturated rings. The van der Waals surface area contributed by atoms with Gasteiger partial charge in [-0.25, -0.2) is 21.6 Å². The van der Waals surface area contributed by atoms with Crippen LogP contribution in [0.5, 0.6) is 0 Å². The van der Waals surface area contributed by atoms with E-state index in [2.05, 4.69) is 37.2 Å². The van der Waals surface area contributed by atoms with Gasteiger partial charge in [0.15, 0.2) is 5.71 Å². The van der Waals surface area contributed by atoms with Gasteiger partial charge in [0.05, 0.1) is 15.2 Å². The summed E-state index contributed by atoms with van der Waals surface area (Å²) >= 11 is 0. The van der Waals surface area contributed by atoms with Crippen LogP contribution in [0.2, 0.25) is 0 Å². The average molecular weight is 927 g/mol. The maximum absolute atomic E-state index is 12.5. The van der Waals surface area contributed by atoms with Crippen LogP contribution in [0.4, 0.5) is 11.4 Å². The van der Waals surface area contributed by atoms with Gasteiger partial charge >= 0.3 is 65.1 Å². The van der Waals surface area contributed by atoms with Crippen LogP contribution in [0, 0.1) is 13.8 Å². The Morgan fingerprint density at radius 1 is 0.781 bits per heavy atom. The predicted molar refractivity (Wildman–Crippen MR) is 234 cm³/mol. The summed E-state index contributed by atoms with van der Waals surface area (Å²) in [6, 6.07) is 13.8. The number of unbranched alkanes of at least 4 members (excludes halogenated alkanes) is 2. The second-order valence-electron chi connectivity index (χ2n) is 17.2. The third kappa shape index (κ3) is 9.67. The van der Waals surface area contributed by atoms with E-state index in [4.69, 9.17) is 4.84 Å². The minimum Gasteiger partial charge on any atom is -0.744 e. The molecule has 0 aromatic heterocycles. The minimum atomic E-state index is -4.77. The zero-order chi connectivity index (χ0) is 45.1. The number of nitrogens with zero attached hydrogens (tertiary/aromatic N) is 3. The molecule has 64 heavy (non-hydrogen) atoms. The number of benzene rings is 4. The number of aryl methyl sites for hydroxylation is 2. The third-order valence-corrected chi connectivity index (χ3v) is 14.0. The molecule has 0 unspecified atom stereocenters. The molecule has 326 valence electrons. The Labute approximate surface area is 419 Å². The Morgan fingerprint density at radius 3 is 2.08 bits per heavy atom. The number of carbonyl (C=O) groups is 3. The van der Waals surface area contributed by atoms with E-state index < -0.39 is 48.8 Å². The summed E-state index contributed by atoms with van der Waals surface area (Å²) in [5.74, 6) is -1.70. The molecule has 0 saturated carbocycles. The summed E-state index contributed by atoms with van der Waals surface area (Å²) in [4.78, 5) is 42.9. The monoisotopic (exact) mass is 926 g/mol. The fourth-order valence-corrected chi connectivity index (χ4v) is 10.8. The Balaban J connectivity index is 0.00000385. The molecule has 0 N–H and O–H groups in total. The SMILES string of the molecule is CCN1C(=CC=CC=CC2=[N+](CCCCCC(=O)ON3C(=O)CCC3=O)c3ccc4c(S(=O)(=O)[O-])cc(C)cc4c3C2(C)C)C(C)(C)c2c1ccc1c(C)cc(S(=O)(=O)[O-])cc21.[Na+].[Na+]. The average Bonchev–Trinajstić information content (AvgIpc) is 3.71. The van der Waals surface area contributed by atoms with Crippen LogP contribution in [0.15, 0.2) is 94.4 Å². The molecule has 0 spiro atoms. The summed E-state index contributed by atoms with van der Waals surface area (Å²) in [6.45, 7) is 15.1. The maximum atomic E-state index is 12.5. The number of fused-ring (bicyclic) bond motifs is 6. The second-order valence-corrected chi connectivity index (χ2v) is 19.9. The molecule has 1 saturated heterocycles. The Kier molecular flexibility index (Phi) is 15.6. The van der Waals surface area contributed by atoms with E-state index in [0.717, 1.165) is 44.7 Å². The van der Waals surface area contributed by atoms with Gasteiger partial charge in [-0.3, -0.25) is 9.59 Å². The fourth-order valence-electron chi connectivity index (χ4n) is 9.47. The van der Waals surface area contributed by atoms with E-state index >= 15 is 0 Å². The van der Waals surface area contributed by atoms with Gasteiger partial charge in [-0.2, -0.15) is 4.58 Å². The smallest absolute Gasteiger partial charge is 0.744 e. The largest absolute Gasteiger partial charge is 1.00 e. The second kappa shape index (κ2) is 19.4. The van der Waals surface area contributed by atoms with Gasteiger partial charge < -0.3 is 18.8 Å². The molecule has 0 radical (unpaired) electrons. The summed E-state index contributed by atoms with van der Waals surface area (Å²) in [5.41, 5.74) is 5.74. The van der Waals surface area contributed by atoms with Crippen LogP contribution in [-0.4, -0.2) is 72.2 Å². The van der Waals surface area contributed by atoms with Gasteiger partial charge in [-0.05, 0) is 122 Å². The van der Waals surface area contributed by atoms with E-state index in [-0.39, 0.29) is 88.2 Å². The van der Waals surface area contributed by atoms with Crippen molar-refractivity contribution in [3.05, 3.63) is 107 Å².